The maximum atomic E-state index is 11.2. The van der Waals surface area contributed by atoms with E-state index in [0.29, 0.717) is 0 Å². The van der Waals surface area contributed by atoms with E-state index < -0.39 is 18.0 Å². The minimum atomic E-state index is -1.19. The highest BCUT2D eigenvalue weighted by Gasteiger charge is 2.32. The molecule has 0 aromatic rings. The SMILES string of the molecule is O=C(O)CC[C@@H](NC(=O)C1CC1)C(=O)O. The van der Waals surface area contributed by atoms with Gasteiger partial charge in [0.2, 0.25) is 5.91 Å². The number of rotatable bonds is 6. The summed E-state index contributed by atoms with van der Waals surface area (Å²) < 4.78 is 0. The number of hydrogen-bond donors (Lipinski definition) is 3. The van der Waals surface area contributed by atoms with Crippen LogP contribution in [-0.4, -0.2) is 34.1 Å². The Labute approximate surface area is 86.3 Å². The molecular formula is C9H13NO5. The molecule has 0 radical (unpaired) electrons. The zero-order chi connectivity index (χ0) is 11.4. The summed E-state index contributed by atoms with van der Waals surface area (Å²) in [6, 6.07) is -1.09. The molecule has 0 aliphatic heterocycles. The van der Waals surface area contributed by atoms with E-state index in [2.05, 4.69) is 5.32 Å². The average Bonchev–Trinajstić information content (AvgIpc) is 2.93. The van der Waals surface area contributed by atoms with Crippen LogP contribution >= 0.6 is 0 Å². The van der Waals surface area contributed by atoms with Gasteiger partial charge in [0.1, 0.15) is 6.04 Å². The Hall–Kier alpha value is -1.59. The van der Waals surface area contributed by atoms with Crippen molar-refractivity contribution in [2.24, 2.45) is 5.92 Å². The molecular weight excluding hydrogens is 202 g/mol. The fraction of sp³-hybridized carbons (Fsp3) is 0.667. The molecule has 6 nitrogen and oxygen atoms in total. The Morgan fingerprint density at radius 2 is 1.87 bits per heavy atom. The predicted molar refractivity (Wildman–Crippen MR) is 49.2 cm³/mol. The molecule has 1 saturated carbocycles. The van der Waals surface area contributed by atoms with Gasteiger partial charge in [-0.1, -0.05) is 0 Å². The summed E-state index contributed by atoms with van der Waals surface area (Å²) in [4.78, 5) is 32.2. The molecule has 0 spiro atoms. The lowest BCUT2D eigenvalue weighted by Gasteiger charge is -2.12. The van der Waals surface area contributed by atoms with Crippen molar-refractivity contribution in [1.29, 1.82) is 0 Å². The number of amides is 1. The molecule has 1 fully saturated rings. The number of nitrogens with one attached hydrogen (secondary N) is 1. The van der Waals surface area contributed by atoms with Crippen LogP contribution in [0.1, 0.15) is 25.7 Å². The molecule has 1 aliphatic rings. The quantitative estimate of drug-likeness (QED) is 0.570. The van der Waals surface area contributed by atoms with Crippen LogP contribution in [0.15, 0.2) is 0 Å². The van der Waals surface area contributed by atoms with Gasteiger partial charge >= 0.3 is 11.9 Å². The Bertz CT molecular complexity index is 284. The Balaban J connectivity index is 2.38. The van der Waals surface area contributed by atoms with E-state index in [1.54, 1.807) is 0 Å². The summed E-state index contributed by atoms with van der Waals surface area (Å²) in [5.74, 6) is -2.61. The van der Waals surface area contributed by atoms with Crippen LogP contribution in [0.3, 0.4) is 0 Å². The first-order valence-corrected chi connectivity index (χ1v) is 4.75. The standard InChI is InChI=1S/C9H13NO5/c11-7(12)4-3-6(9(14)15)10-8(13)5-1-2-5/h5-6H,1-4H2,(H,10,13)(H,11,12)(H,14,15)/t6-/m1/s1. The highest BCUT2D eigenvalue weighted by Crippen LogP contribution is 2.28. The first-order valence-electron chi connectivity index (χ1n) is 4.75. The van der Waals surface area contributed by atoms with Gasteiger partial charge in [-0.2, -0.15) is 0 Å². The molecule has 84 valence electrons. The van der Waals surface area contributed by atoms with Crippen LogP contribution in [-0.2, 0) is 14.4 Å². The number of carboxylic acid groups (broad SMARTS) is 2. The van der Waals surface area contributed by atoms with Gasteiger partial charge < -0.3 is 15.5 Å². The third-order valence-electron chi connectivity index (χ3n) is 2.21. The maximum Gasteiger partial charge on any atom is 0.326 e. The monoisotopic (exact) mass is 215 g/mol. The van der Waals surface area contributed by atoms with Crippen LogP contribution in [0.2, 0.25) is 0 Å². The minimum Gasteiger partial charge on any atom is -0.481 e. The third kappa shape index (κ3) is 3.97. The van der Waals surface area contributed by atoms with Crippen molar-refractivity contribution < 1.29 is 24.6 Å². The van der Waals surface area contributed by atoms with Gasteiger partial charge in [-0.3, -0.25) is 9.59 Å². The molecule has 3 N–H and O–H groups in total. The van der Waals surface area contributed by atoms with E-state index in [9.17, 15) is 14.4 Å². The zero-order valence-corrected chi connectivity index (χ0v) is 8.10. The second-order valence-corrected chi connectivity index (χ2v) is 3.61. The van der Waals surface area contributed by atoms with Gasteiger partial charge in [0.15, 0.2) is 0 Å². The molecule has 1 atom stereocenters. The highest BCUT2D eigenvalue weighted by atomic mass is 16.4. The lowest BCUT2D eigenvalue weighted by molar-refractivity contribution is -0.143. The summed E-state index contributed by atoms with van der Waals surface area (Å²) >= 11 is 0. The van der Waals surface area contributed by atoms with Crippen LogP contribution in [0.4, 0.5) is 0 Å². The number of carbonyl (C=O) groups is 3. The van der Waals surface area contributed by atoms with Crippen molar-refractivity contribution in [2.75, 3.05) is 0 Å². The van der Waals surface area contributed by atoms with E-state index in [0.717, 1.165) is 12.8 Å². The van der Waals surface area contributed by atoms with E-state index in [-0.39, 0.29) is 24.7 Å². The molecule has 1 amide bonds. The van der Waals surface area contributed by atoms with Gasteiger partial charge in [0.05, 0.1) is 0 Å². The van der Waals surface area contributed by atoms with Gasteiger partial charge in [0.25, 0.3) is 0 Å². The average molecular weight is 215 g/mol. The lowest BCUT2D eigenvalue weighted by Crippen LogP contribution is -2.41. The number of carboxylic acids is 2. The Kier molecular flexibility index (Phi) is 3.65. The van der Waals surface area contributed by atoms with Crippen molar-refractivity contribution in [2.45, 2.75) is 31.7 Å². The van der Waals surface area contributed by atoms with Crippen LogP contribution in [0.5, 0.6) is 0 Å². The number of carbonyl (C=O) groups excluding carboxylic acids is 1. The largest absolute Gasteiger partial charge is 0.481 e. The van der Waals surface area contributed by atoms with E-state index in [4.69, 9.17) is 10.2 Å². The third-order valence-corrected chi connectivity index (χ3v) is 2.21. The Morgan fingerprint density at radius 1 is 1.27 bits per heavy atom. The summed E-state index contributed by atoms with van der Waals surface area (Å²) in [6.45, 7) is 0. The van der Waals surface area contributed by atoms with Crippen molar-refractivity contribution in [1.82, 2.24) is 5.32 Å². The highest BCUT2D eigenvalue weighted by molar-refractivity contribution is 5.86. The topological polar surface area (TPSA) is 104 Å². The zero-order valence-electron chi connectivity index (χ0n) is 8.10. The van der Waals surface area contributed by atoms with Crippen molar-refractivity contribution in [3.05, 3.63) is 0 Å². The van der Waals surface area contributed by atoms with Crippen molar-refractivity contribution in [3.63, 3.8) is 0 Å². The minimum absolute atomic E-state index is 0.0725. The van der Waals surface area contributed by atoms with Crippen molar-refractivity contribution in [3.8, 4) is 0 Å². The molecule has 0 unspecified atom stereocenters. The van der Waals surface area contributed by atoms with Gasteiger partial charge in [0, 0.05) is 12.3 Å². The maximum absolute atomic E-state index is 11.2. The van der Waals surface area contributed by atoms with E-state index in [1.165, 1.54) is 0 Å². The smallest absolute Gasteiger partial charge is 0.326 e. The number of aliphatic carboxylic acids is 2. The van der Waals surface area contributed by atoms with Gasteiger partial charge in [-0.05, 0) is 19.3 Å². The van der Waals surface area contributed by atoms with Gasteiger partial charge in [-0.15, -0.1) is 0 Å². The molecule has 0 saturated heterocycles. The van der Waals surface area contributed by atoms with E-state index >= 15 is 0 Å². The molecule has 1 aliphatic carbocycles. The molecule has 0 aromatic carbocycles. The molecule has 6 heteroatoms. The molecule has 15 heavy (non-hydrogen) atoms. The second-order valence-electron chi connectivity index (χ2n) is 3.61. The van der Waals surface area contributed by atoms with Crippen LogP contribution in [0.25, 0.3) is 0 Å². The Morgan fingerprint density at radius 3 is 2.27 bits per heavy atom. The molecule has 0 bridgehead atoms. The fourth-order valence-electron chi connectivity index (χ4n) is 1.16. The van der Waals surface area contributed by atoms with Crippen LogP contribution < -0.4 is 5.32 Å². The predicted octanol–water partition coefficient (Wildman–Crippen LogP) is -0.169. The number of hydrogen-bond acceptors (Lipinski definition) is 3. The fourth-order valence-corrected chi connectivity index (χ4v) is 1.16. The lowest BCUT2D eigenvalue weighted by atomic mass is 10.1. The molecule has 1 rings (SSSR count). The summed E-state index contributed by atoms with van der Waals surface area (Å²) in [5, 5.41) is 19.5. The first-order chi connectivity index (χ1) is 7.00. The summed E-state index contributed by atoms with van der Waals surface area (Å²) in [5.41, 5.74) is 0. The molecule has 0 heterocycles. The summed E-state index contributed by atoms with van der Waals surface area (Å²) in [7, 11) is 0. The first kappa shape index (κ1) is 11.5. The van der Waals surface area contributed by atoms with Crippen molar-refractivity contribution >= 4 is 17.8 Å². The summed E-state index contributed by atoms with van der Waals surface area (Å²) in [6.07, 6.45) is 1.24. The van der Waals surface area contributed by atoms with Crippen LogP contribution in [0, 0.1) is 5.92 Å². The molecule has 0 aromatic heterocycles. The normalized spacial score (nSPS) is 16.8. The second kappa shape index (κ2) is 4.77. The van der Waals surface area contributed by atoms with E-state index in [1.807, 2.05) is 0 Å². The van der Waals surface area contributed by atoms with Gasteiger partial charge in [-0.25, -0.2) is 4.79 Å².